The molecule has 1 unspecified atom stereocenters. The third-order valence-electron chi connectivity index (χ3n) is 5.67. The van der Waals surface area contributed by atoms with Crippen LogP contribution in [-0.4, -0.2) is 92.1 Å². The van der Waals surface area contributed by atoms with Crippen molar-refractivity contribution in [3.8, 4) is 5.75 Å². The molecule has 1 atom stereocenters. The van der Waals surface area contributed by atoms with Crippen molar-refractivity contribution in [1.82, 2.24) is 20.0 Å². The van der Waals surface area contributed by atoms with E-state index >= 15 is 0 Å². The summed E-state index contributed by atoms with van der Waals surface area (Å²) in [5.74, 6) is 2.10. The molecule has 29 heavy (non-hydrogen) atoms. The molecule has 7 nitrogen and oxygen atoms in total. The number of benzene rings is 1. The lowest BCUT2D eigenvalue weighted by molar-refractivity contribution is -0.131. The maximum Gasteiger partial charge on any atom is 0.236 e. The number of aryl methyl sites for hydroxylation is 1. The molecule has 1 aromatic rings. The summed E-state index contributed by atoms with van der Waals surface area (Å²) in [6.07, 6.45) is 2.33. The summed E-state index contributed by atoms with van der Waals surface area (Å²) in [6, 6.07) is 8.08. The van der Waals surface area contributed by atoms with Crippen LogP contribution in [0.15, 0.2) is 29.3 Å². The zero-order chi connectivity index (χ0) is 20.6. The topological polar surface area (TPSA) is 60.4 Å². The summed E-state index contributed by atoms with van der Waals surface area (Å²) in [6.45, 7) is 10.7. The number of para-hydroxylation sites is 1. The van der Waals surface area contributed by atoms with Crippen LogP contribution in [0.3, 0.4) is 0 Å². The molecule has 0 aromatic heterocycles. The van der Waals surface area contributed by atoms with Crippen LogP contribution < -0.4 is 10.1 Å². The zero-order valence-corrected chi connectivity index (χ0v) is 18.1. The standard InChI is InChI=1S/C22H35N5O2/c1-18-8-4-5-9-20(18)29-19(2)16-24-22(23-3)27-14-12-25(13-15-27)17-21(28)26-10-6-7-11-26/h4-5,8-9,19H,6-7,10-17H2,1-3H3,(H,23,24). The molecule has 0 aliphatic carbocycles. The fraction of sp³-hybridized carbons (Fsp3) is 0.636. The van der Waals surface area contributed by atoms with Crippen LogP contribution in [0.25, 0.3) is 0 Å². The van der Waals surface area contributed by atoms with Gasteiger partial charge in [0.15, 0.2) is 5.96 Å². The van der Waals surface area contributed by atoms with Crippen LogP contribution in [0.2, 0.25) is 0 Å². The maximum atomic E-state index is 12.4. The van der Waals surface area contributed by atoms with Gasteiger partial charge in [-0.1, -0.05) is 18.2 Å². The van der Waals surface area contributed by atoms with Crippen molar-refractivity contribution in [1.29, 1.82) is 0 Å². The van der Waals surface area contributed by atoms with Crippen LogP contribution in [0.4, 0.5) is 0 Å². The highest BCUT2D eigenvalue weighted by Gasteiger charge is 2.24. The maximum absolute atomic E-state index is 12.4. The Bertz CT molecular complexity index is 694. The van der Waals surface area contributed by atoms with E-state index in [1.165, 1.54) is 0 Å². The summed E-state index contributed by atoms with van der Waals surface area (Å²) in [4.78, 5) is 23.3. The fourth-order valence-electron chi connectivity index (χ4n) is 3.89. The molecule has 3 rings (SSSR count). The van der Waals surface area contributed by atoms with Crippen LogP contribution in [-0.2, 0) is 4.79 Å². The van der Waals surface area contributed by atoms with Gasteiger partial charge in [-0.05, 0) is 38.3 Å². The van der Waals surface area contributed by atoms with Crippen LogP contribution in [0, 0.1) is 6.92 Å². The molecule has 0 saturated carbocycles. The van der Waals surface area contributed by atoms with Crippen LogP contribution >= 0.6 is 0 Å². The number of amides is 1. The second kappa shape index (κ2) is 10.5. The molecule has 2 heterocycles. The summed E-state index contributed by atoms with van der Waals surface area (Å²) in [7, 11) is 1.82. The lowest BCUT2D eigenvalue weighted by Crippen LogP contribution is -2.54. The van der Waals surface area contributed by atoms with Crippen LogP contribution in [0.1, 0.15) is 25.3 Å². The van der Waals surface area contributed by atoms with Gasteiger partial charge in [-0.3, -0.25) is 14.7 Å². The van der Waals surface area contributed by atoms with E-state index in [1.807, 2.05) is 30.1 Å². The molecule has 2 aliphatic rings. The van der Waals surface area contributed by atoms with E-state index in [4.69, 9.17) is 4.74 Å². The Morgan fingerprint density at radius 2 is 1.79 bits per heavy atom. The Morgan fingerprint density at radius 3 is 2.45 bits per heavy atom. The van der Waals surface area contributed by atoms with Gasteiger partial charge in [-0.2, -0.15) is 0 Å². The fourth-order valence-corrected chi connectivity index (χ4v) is 3.89. The van der Waals surface area contributed by atoms with E-state index < -0.39 is 0 Å². The lowest BCUT2D eigenvalue weighted by atomic mass is 10.2. The average molecular weight is 402 g/mol. The smallest absolute Gasteiger partial charge is 0.236 e. The third-order valence-corrected chi connectivity index (χ3v) is 5.67. The number of carbonyl (C=O) groups is 1. The SMILES string of the molecule is CN=C(NCC(C)Oc1ccccc1C)N1CCN(CC(=O)N2CCCC2)CC1. The molecular weight excluding hydrogens is 366 g/mol. The van der Waals surface area contributed by atoms with E-state index in [1.54, 1.807) is 0 Å². The number of nitrogens with zero attached hydrogens (tertiary/aromatic N) is 4. The van der Waals surface area contributed by atoms with E-state index in [9.17, 15) is 4.79 Å². The normalized spacial score (nSPS) is 19.3. The number of likely N-dealkylation sites (tertiary alicyclic amines) is 1. The van der Waals surface area contributed by atoms with Crippen molar-refractivity contribution < 1.29 is 9.53 Å². The first-order chi connectivity index (χ1) is 14.1. The molecule has 7 heteroatoms. The Balaban J connectivity index is 1.40. The van der Waals surface area contributed by atoms with E-state index in [0.717, 1.165) is 69.4 Å². The number of piperazine rings is 1. The van der Waals surface area contributed by atoms with Crippen molar-refractivity contribution in [3.63, 3.8) is 0 Å². The Morgan fingerprint density at radius 1 is 1.10 bits per heavy atom. The largest absolute Gasteiger partial charge is 0.489 e. The molecule has 1 aromatic carbocycles. The van der Waals surface area contributed by atoms with Crippen molar-refractivity contribution in [2.75, 3.05) is 59.4 Å². The van der Waals surface area contributed by atoms with Gasteiger partial charge in [-0.15, -0.1) is 0 Å². The van der Waals surface area contributed by atoms with Gasteiger partial charge in [0.25, 0.3) is 0 Å². The predicted octanol–water partition coefficient (Wildman–Crippen LogP) is 1.58. The number of carbonyl (C=O) groups excluding carboxylic acids is 1. The van der Waals surface area contributed by atoms with Crippen molar-refractivity contribution in [2.45, 2.75) is 32.8 Å². The minimum Gasteiger partial charge on any atom is -0.489 e. The highest BCUT2D eigenvalue weighted by atomic mass is 16.5. The average Bonchev–Trinajstić information content (AvgIpc) is 3.26. The minimum atomic E-state index is 0.0345. The molecule has 0 bridgehead atoms. The molecule has 1 amide bonds. The lowest BCUT2D eigenvalue weighted by Gasteiger charge is -2.36. The van der Waals surface area contributed by atoms with Gasteiger partial charge in [0.2, 0.25) is 5.91 Å². The number of ether oxygens (including phenoxy) is 1. The van der Waals surface area contributed by atoms with Gasteiger partial charge in [0.1, 0.15) is 11.9 Å². The molecule has 0 spiro atoms. The van der Waals surface area contributed by atoms with Gasteiger partial charge in [-0.25, -0.2) is 0 Å². The molecular formula is C22H35N5O2. The summed E-state index contributed by atoms with van der Waals surface area (Å²) < 4.78 is 6.05. The highest BCUT2D eigenvalue weighted by Crippen LogP contribution is 2.17. The highest BCUT2D eigenvalue weighted by molar-refractivity contribution is 5.80. The summed E-state index contributed by atoms with van der Waals surface area (Å²) in [5, 5.41) is 3.44. The van der Waals surface area contributed by atoms with E-state index in [-0.39, 0.29) is 12.0 Å². The number of nitrogens with one attached hydrogen (secondary N) is 1. The number of hydrogen-bond acceptors (Lipinski definition) is 4. The summed E-state index contributed by atoms with van der Waals surface area (Å²) in [5.41, 5.74) is 1.14. The van der Waals surface area contributed by atoms with Gasteiger partial charge in [0, 0.05) is 46.3 Å². The Kier molecular flexibility index (Phi) is 7.75. The first kappa shape index (κ1) is 21.4. The van der Waals surface area contributed by atoms with Crippen molar-refractivity contribution in [2.24, 2.45) is 4.99 Å². The van der Waals surface area contributed by atoms with E-state index in [0.29, 0.717) is 13.1 Å². The monoisotopic (exact) mass is 401 g/mol. The molecule has 1 N–H and O–H groups in total. The molecule has 2 fully saturated rings. The van der Waals surface area contributed by atoms with E-state index in [2.05, 4.69) is 40.0 Å². The first-order valence-electron chi connectivity index (χ1n) is 10.7. The second-order valence-electron chi connectivity index (χ2n) is 7.97. The number of rotatable bonds is 6. The van der Waals surface area contributed by atoms with Gasteiger partial charge < -0.3 is 19.9 Å². The molecule has 0 radical (unpaired) electrons. The van der Waals surface area contributed by atoms with Crippen molar-refractivity contribution >= 4 is 11.9 Å². The number of hydrogen-bond donors (Lipinski definition) is 1. The predicted molar refractivity (Wildman–Crippen MR) is 116 cm³/mol. The van der Waals surface area contributed by atoms with Gasteiger partial charge >= 0.3 is 0 Å². The number of aliphatic imine (C=N–C) groups is 1. The first-order valence-corrected chi connectivity index (χ1v) is 10.7. The third kappa shape index (κ3) is 6.10. The van der Waals surface area contributed by atoms with Gasteiger partial charge in [0.05, 0.1) is 13.1 Å². The quantitative estimate of drug-likeness (QED) is 0.579. The van der Waals surface area contributed by atoms with Crippen LogP contribution in [0.5, 0.6) is 5.75 Å². The minimum absolute atomic E-state index is 0.0345. The Labute approximate surface area is 174 Å². The number of guanidine groups is 1. The second-order valence-corrected chi connectivity index (χ2v) is 7.97. The zero-order valence-electron chi connectivity index (χ0n) is 18.1. The molecule has 160 valence electrons. The molecule has 2 saturated heterocycles. The summed E-state index contributed by atoms with van der Waals surface area (Å²) >= 11 is 0. The molecule has 2 aliphatic heterocycles. The Hall–Kier alpha value is -2.28. The van der Waals surface area contributed by atoms with Crippen molar-refractivity contribution in [3.05, 3.63) is 29.8 Å².